The van der Waals surface area contributed by atoms with Gasteiger partial charge in [-0.05, 0) is 36.2 Å². The molecule has 0 bridgehead atoms. The van der Waals surface area contributed by atoms with Gasteiger partial charge in [-0.3, -0.25) is 9.78 Å². The van der Waals surface area contributed by atoms with Crippen molar-refractivity contribution in [2.24, 2.45) is 7.05 Å². The molecule has 3 aromatic heterocycles. The molecule has 158 valence electrons. The number of amides is 1. The molecule has 9 heteroatoms. The first-order valence-corrected chi connectivity index (χ1v) is 9.79. The van der Waals surface area contributed by atoms with E-state index in [0.29, 0.717) is 29.3 Å². The molecule has 3 heterocycles. The second-order valence-electron chi connectivity index (χ2n) is 7.19. The van der Waals surface area contributed by atoms with E-state index >= 15 is 0 Å². The summed E-state index contributed by atoms with van der Waals surface area (Å²) in [5.74, 6) is 0.426. The number of aryl methyl sites for hydroxylation is 1. The second-order valence-corrected chi connectivity index (χ2v) is 7.19. The van der Waals surface area contributed by atoms with Crippen molar-refractivity contribution in [2.45, 2.75) is 19.6 Å². The molecule has 0 radical (unpaired) electrons. The Labute approximate surface area is 179 Å². The molecule has 4 rings (SSSR count). The van der Waals surface area contributed by atoms with Crippen molar-refractivity contribution in [1.82, 2.24) is 24.7 Å². The zero-order valence-electron chi connectivity index (χ0n) is 17.5. The third kappa shape index (κ3) is 4.67. The second kappa shape index (κ2) is 8.88. The summed E-state index contributed by atoms with van der Waals surface area (Å²) >= 11 is 0. The van der Waals surface area contributed by atoms with Gasteiger partial charge in [-0.1, -0.05) is 12.1 Å². The predicted octanol–water partition coefficient (Wildman–Crippen LogP) is 3.33. The van der Waals surface area contributed by atoms with Crippen molar-refractivity contribution in [3.05, 3.63) is 71.8 Å². The molecule has 0 saturated heterocycles. The van der Waals surface area contributed by atoms with E-state index < -0.39 is 0 Å². The van der Waals surface area contributed by atoms with Crippen molar-refractivity contribution >= 4 is 28.6 Å². The van der Waals surface area contributed by atoms with Gasteiger partial charge in [0.2, 0.25) is 0 Å². The smallest absolute Gasteiger partial charge is 0.257 e. The van der Waals surface area contributed by atoms with Gasteiger partial charge in [-0.15, -0.1) is 0 Å². The van der Waals surface area contributed by atoms with Crippen LogP contribution in [-0.4, -0.2) is 37.7 Å². The van der Waals surface area contributed by atoms with Gasteiger partial charge in [0, 0.05) is 32.2 Å². The molecule has 0 aliphatic carbocycles. The number of methoxy groups -OCH3 is 1. The van der Waals surface area contributed by atoms with E-state index in [-0.39, 0.29) is 11.9 Å². The fraction of sp³-hybridized carbons (Fsp3) is 0.227. The summed E-state index contributed by atoms with van der Waals surface area (Å²) in [5, 5.41) is 10.4. The number of anilines is 2. The van der Waals surface area contributed by atoms with E-state index in [1.54, 1.807) is 36.4 Å². The number of rotatable bonds is 7. The summed E-state index contributed by atoms with van der Waals surface area (Å²) in [7, 11) is 3.44. The van der Waals surface area contributed by atoms with Crippen LogP contribution in [0.25, 0.3) is 11.2 Å². The summed E-state index contributed by atoms with van der Waals surface area (Å²) in [6, 6.07) is 9.39. The molecule has 1 atom stereocenters. The normalized spacial score (nSPS) is 12.0. The lowest BCUT2D eigenvalue weighted by Crippen LogP contribution is -2.14. The van der Waals surface area contributed by atoms with Gasteiger partial charge in [-0.2, -0.15) is 5.10 Å². The first kappa shape index (κ1) is 20.4. The standard InChI is InChI=1S/C22H23N7O2/c1-14(26-20-12-24-19-11-25-29(2)21(19)28-20)16-5-4-6-18(8-16)27-22(30)17-7-15(13-31-3)9-23-10-17/h4-12,14H,13H2,1-3H3,(H,26,28)(H,27,30)/t14-/m0/s1. The summed E-state index contributed by atoms with van der Waals surface area (Å²) in [5.41, 5.74) is 4.47. The maximum Gasteiger partial charge on any atom is 0.257 e. The van der Waals surface area contributed by atoms with E-state index in [4.69, 9.17) is 4.74 Å². The zero-order chi connectivity index (χ0) is 21.8. The van der Waals surface area contributed by atoms with Crippen LogP contribution < -0.4 is 10.6 Å². The molecule has 0 fully saturated rings. The van der Waals surface area contributed by atoms with E-state index in [9.17, 15) is 4.79 Å². The molecule has 0 aliphatic rings. The minimum Gasteiger partial charge on any atom is -0.380 e. The first-order chi connectivity index (χ1) is 15.0. The summed E-state index contributed by atoms with van der Waals surface area (Å²) in [6.07, 6.45) is 6.59. The number of fused-ring (bicyclic) bond motifs is 1. The van der Waals surface area contributed by atoms with Gasteiger partial charge in [-0.25, -0.2) is 14.6 Å². The maximum atomic E-state index is 12.6. The van der Waals surface area contributed by atoms with E-state index in [1.165, 1.54) is 6.20 Å². The Morgan fingerprint density at radius 2 is 2.06 bits per heavy atom. The average Bonchev–Trinajstić information content (AvgIpc) is 3.14. The summed E-state index contributed by atoms with van der Waals surface area (Å²) in [4.78, 5) is 25.7. The quantitative estimate of drug-likeness (QED) is 0.475. The molecule has 9 nitrogen and oxygen atoms in total. The van der Waals surface area contributed by atoms with Crippen LogP contribution in [0, 0.1) is 0 Å². The topological polar surface area (TPSA) is 107 Å². The maximum absolute atomic E-state index is 12.6. The molecule has 0 saturated carbocycles. The minimum atomic E-state index is -0.226. The van der Waals surface area contributed by atoms with Crippen LogP contribution in [-0.2, 0) is 18.4 Å². The first-order valence-electron chi connectivity index (χ1n) is 9.79. The number of hydrogen-bond acceptors (Lipinski definition) is 7. The molecule has 2 N–H and O–H groups in total. The number of nitrogens with one attached hydrogen (secondary N) is 2. The Balaban J connectivity index is 1.47. The van der Waals surface area contributed by atoms with Gasteiger partial charge in [0.05, 0.1) is 30.6 Å². The highest BCUT2D eigenvalue weighted by Gasteiger charge is 2.12. The third-order valence-corrected chi connectivity index (χ3v) is 4.82. The lowest BCUT2D eigenvalue weighted by atomic mass is 10.1. The van der Waals surface area contributed by atoms with Gasteiger partial charge in [0.15, 0.2) is 5.65 Å². The van der Waals surface area contributed by atoms with Crippen molar-refractivity contribution in [3.63, 3.8) is 0 Å². The predicted molar refractivity (Wildman–Crippen MR) is 118 cm³/mol. The van der Waals surface area contributed by atoms with Crippen LogP contribution in [0.2, 0.25) is 0 Å². The highest BCUT2D eigenvalue weighted by Crippen LogP contribution is 2.22. The molecule has 1 aromatic carbocycles. The fourth-order valence-electron chi connectivity index (χ4n) is 3.23. The highest BCUT2D eigenvalue weighted by molar-refractivity contribution is 6.04. The molecular weight excluding hydrogens is 394 g/mol. The van der Waals surface area contributed by atoms with Gasteiger partial charge in [0.25, 0.3) is 5.91 Å². The van der Waals surface area contributed by atoms with Crippen molar-refractivity contribution < 1.29 is 9.53 Å². The number of carbonyl (C=O) groups is 1. The molecule has 31 heavy (non-hydrogen) atoms. The molecular formula is C22H23N7O2. The van der Waals surface area contributed by atoms with Crippen molar-refractivity contribution in [1.29, 1.82) is 0 Å². The molecule has 1 amide bonds. The number of nitrogens with zero attached hydrogens (tertiary/aromatic N) is 5. The van der Waals surface area contributed by atoms with Crippen LogP contribution in [0.5, 0.6) is 0 Å². The number of benzene rings is 1. The van der Waals surface area contributed by atoms with Crippen LogP contribution in [0.1, 0.15) is 34.5 Å². The summed E-state index contributed by atoms with van der Waals surface area (Å²) in [6.45, 7) is 2.43. The van der Waals surface area contributed by atoms with Gasteiger partial charge in [0.1, 0.15) is 11.3 Å². The largest absolute Gasteiger partial charge is 0.380 e. The number of hydrogen-bond donors (Lipinski definition) is 2. The lowest BCUT2D eigenvalue weighted by Gasteiger charge is -2.16. The molecule has 4 aromatic rings. The van der Waals surface area contributed by atoms with Crippen LogP contribution in [0.3, 0.4) is 0 Å². The monoisotopic (exact) mass is 417 g/mol. The zero-order valence-corrected chi connectivity index (χ0v) is 17.5. The number of pyridine rings is 1. The third-order valence-electron chi connectivity index (χ3n) is 4.82. The van der Waals surface area contributed by atoms with Crippen molar-refractivity contribution in [3.8, 4) is 0 Å². The van der Waals surface area contributed by atoms with E-state index in [0.717, 1.165) is 16.6 Å². The number of ether oxygens (including phenoxy) is 1. The SMILES string of the molecule is COCc1cncc(C(=O)Nc2cccc([C@H](C)Nc3cnc4cnn(C)c4n3)c2)c1. The van der Waals surface area contributed by atoms with E-state index in [2.05, 4.69) is 30.7 Å². The lowest BCUT2D eigenvalue weighted by molar-refractivity contribution is 0.102. The minimum absolute atomic E-state index is 0.0523. The van der Waals surface area contributed by atoms with Crippen LogP contribution in [0.15, 0.2) is 55.1 Å². The van der Waals surface area contributed by atoms with Crippen LogP contribution in [0.4, 0.5) is 11.5 Å². The van der Waals surface area contributed by atoms with E-state index in [1.807, 2.05) is 38.2 Å². The Bertz CT molecular complexity index is 1220. The molecule has 0 spiro atoms. The number of carbonyl (C=O) groups excluding carboxylic acids is 1. The van der Waals surface area contributed by atoms with Gasteiger partial charge >= 0.3 is 0 Å². The average molecular weight is 417 g/mol. The molecule has 0 aliphatic heterocycles. The Morgan fingerprint density at radius 1 is 1.19 bits per heavy atom. The Kier molecular flexibility index (Phi) is 5.85. The highest BCUT2D eigenvalue weighted by atomic mass is 16.5. The van der Waals surface area contributed by atoms with Crippen LogP contribution >= 0.6 is 0 Å². The Morgan fingerprint density at radius 3 is 2.90 bits per heavy atom. The van der Waals surface area contributed by atoms with Crippen molar-refractivity contribution in [2.75, 3.05) is 17.7 Å². The molecule has 0 unspecified atom stereocenters. The Hall–Kier alpha value is -3.85. The van der Waals surface area contributed by atoms with Gasteiger partial charge < -0.3 is 15.4 Å². The summed E-state index contributed by atoms with van der Waals surface area (Å²) < 4.78 is 6.79. The number of aromatic nitrogens is 5. The fourth-order valence-corrected chi connectivity index (χ4v) is 3.23.